The van der Waals surface area contributed by atoms with Crippen molar-refractivity contribution in [3.63, 3.8) is 0 Å². The lowest BCUT2D eigenvalue weighted by atomic mass is 9.86. The first-order valence-corrected chi connectivity index (χ1v) is 9.44. The van der Waals surface area contributed by atoms with Gasteiger partial charge in [-0.15, -0.1) is 0 Å². The SMILES string of the molecule is O=C(N[C@@H]1CN(C(=O)C2CCCCC2)CC[C@@H]1CO)c1ccccc1. The summed E-state index contributed by atoms with van der Waals surface area (Å²) in [5.74, 6) is 0.235. The number of rotatable bonds is 4. The molecule has 0 spiro atoms. The number of carbonyl (C=O) groups excluding carboxylic acids is 2. The Balaban J connectivity index is 1.64. The summed E-state index contributed by atoms with van der Waals surface area (Å²) in [6.07, 6.45) is 6.20. The minimum Gasteiger partial charge on any atom is -0.396 e. The van der Waals surface area contributed by atoms with Gasteiger partial charge in [0.05, 0.1) is 6.04 Å². The summed E-state index contributed by atoms with van der Waals surface area (Å²) in [6.45, 7) is 1.21. The van der Waals surface area contributed by atoms with Gasteiger partial charge in [-0.25, -0.2) is 0 Å². The van der Waals surface area contributed by atoms with Crippen molar-refractivity contribution in [2.45, 2.75) is 44.6 Å². The third kappa shape index (κ3) is 4.40. The first kappa shape index (κ1) is 17.9. The first-order chi connectivity index (χ1) is 12.2. The van der Waals surface area contributed by atoms with Crippen molar-refractivity contribution in [2.24, 2.45) is 11.8 Å². The molecule has 1 saturated carbocycles. The molecule has 0 bridgehead atoms. The highest BCUT2D eigenvalue weighted by Gasteiger charge is 2.34. The molecule has 2 amide bonds. The van der Waals surface area contributed by atoms with Crippen LogP contribution in [-0.2, 0) is 4.79 Å². The van der Waals surface area contributed by atoms with Crippen LogP contribution in [0.3, 0.4) is 0 Å². The van der Waals surface area contributed by atoms with Crippen LogP contribution in [0, 0.1) is 11.8 Å². The average molecular weight is 344 g/mol. The molecule has 1 aliphatic heterocycles. The van der Waals surface area contributed by atoms with Gasteiger partial charge in [0.15, 0.2) is 0 Å². The van der Waals surface area contributed by atoms with Crippen molar-refractivity contribution in [2.75, 3.05) is 19.7 Å². The van der Waals surface area contributed by atoms with E-state index in [1.807, 2.05) is 23.1 Å². The fraction of sp³-hybridized carbons (Fsp3) is 0.600. The molecule has 2 N–H and O–H groups in total. The Kier molecular flexibility index (Phi) is 6.08. The van der Waals surface area contributed by atoms with Crippen LogP contribution in [0.4, 0.5) is 0 Å². The number of benzene rings is 1. The van der Waals surface area contributed by atoms with E-state index in [0.29, 0.717) is 18.7 Å². The van der Waals surface area contributed by atoms with Crippen LogP contribution < -0.4 is 5.32 Å². The van der Waals surface area contributed by atoms with E-state index in [2.05, 4.69) is 5.32 Å². The molecule has 5 nitrogen and oxygen atoms in total. The van der Waals surface area contributed by atoms with Crippen molar-refractivity contribution in [3.8, 4) is 0 Å². The maximum absolute atomic E-state index is 12.8. The minimum atomic E-state index is -0.195. The van der Waals surface area contributed by atoms with Gasteiger partial charge in [0.25, 0.3) is 5.91 Å². The molecule has 2 fully saturated rings. The van der Waals surface area contributed by atoms with Crippen LogP contribution in [0.1, 0.15) is 48.9 Å². The number of hydrogen-bond donors (Lipinski definition) is 2. The summed E-state index contributed by atoms with van der Waals surface area (Å²) in [5.41, 5.74) is 0.606. The number of nitrogens with zero attached hydrogens (tertiary/aromatic N) is 1. The molecule has 0 aromatic heterocycles. The van der Waals surface area contributed by atoms with Crippen LogP contribution in [-0.4, -0.2) is 47.6 Å². The summed E-state index contributed by atoms with van der Waals surface area (Å²) >= 11 is 0. The summed E-state index contributed by atoms with van der Waals surface area (Å²) in [6, 6.07) is 8.89. The van der Waals surface area contributed by atoms with Gasteiger partial charge < -0.3 is 15.3 Å². The van der Waals surface area contributed by atoms with Gasteiger partial charge in [-0.1, -0.05) is 37.5 Å². The van der Waals surface area contributed by atoms with Crippen LogP contribution in [0.25, 0.3) is 0 Å². The normalized spacial score (nSPS) is 24.8. The third-order valence-corrected chi connectivity index (χ3v) is 5.61. The topological polar surface area (TPSA) is 69.6 Å². The van der Waals surface area contributed by atoms with E-state index in [1.165, 1.54) is 6.42 Å². The molecule has 2 aliphatic rings. The zero-order chi connectivity index (χ0) is 17.6. The predicted octanol–water partition coefficient (Wildman–Crippen LogP) is 2.21. The van der Waals surface area contributed by atoms with Crippen LogP contribution in [0.5, 0.6) is 0 Å². The molecule has 136 valence electrons. The second-order valence-corrected chi connectivity index (χ2v) is 7.30. The van der Waals surface area contributed by atoms with Crippen molar-refractivity contribution in [1.82, 2.24) is 10.2 Å². The van der Waals surface area contributed by atoms with E-state index >= 15 is 0 Å². The minimum absolute atomic E-state index is 0.00284. The van der Waals surface area contributed by atoms with Gasteiger partial charge in [0.2, 0.25) is 5.91 Å². The van der Waals surface area contributed by atoms with E-state index in [0.717, 1.165) is 32.1 Å². The number of nitrogens with one attached hydrogen (secondary N) is 1. The second kappa shape index (κ2) is 8.48. The van der Waals surface area contributed by atoms with Crippen molar-refractivity contribution in [1.29, 1.82) is 0 Å². The lowest BCUT2D eigenvalue weighted by Gasteiger charge is -2.40. The Morgan fingerprint density at radius 3 is 2.48 bits per heavy atom. The predicted molar refractivity (Wildman–Crippen MR) is 96.0 cm³/mol. The number of piperidine rings is 1. The Morgan fingerprint density at radius 2 is 1.80 bits per heavy atom. The van der Waals surface area contributed by atoms with E-state index < -0.39 is 0 Å². The van der Waals surface area contributed by atoms with Crippen LogP contribution >= 0.6 is 0 Å². The molecular weight excluding hydrogens is 316 g/mol. The van der Waals surface area contributed by atoms with E-state index in [4.69, 9.17) is 0 Å². The summed E-state index contributed by atoms with van der Waals surface area (Å²) in [5, 5.41) is 12.7. The number of aliphatic hydroxyl groups is 1. The molecule has 1 aliphatic carbocycles. The first-order valence-electron chi connectivity index (χ1n) is 9.44. The molecule has 0 radical (unpaired) electrons. The molecule has 3 rings (SSSR count). The molecule has 1 aromatic rings. The number of aliphatic hydroxyl groups excluding tert-OH is 1. The van der Waals surface area contributed by atoms with Crippen LogP contribution in [0.2, 0.25) is 0 Å². The average Bonchev–Trinajstić information content (AvgIpc) is 2.68. The van der Waals surface area contributed by atoms with Crippen LogP contribution in [0.15, 0.2) is 30.3 Å². The molecule has 25 heavy (non-hydrogen) atoms. The van der Waals surface area contributed by atoms with Crippen molar-refractivity contribution in [3.05, 3.63) is 35.9 Å². The number of carbonyl (C=O) groups is 2. The van der Waals surface area contributed by atoms with E-state index in [9.17, 15) is 14.7 Å². The fourth-order valence-electron chi connectivity index (χ4n) is 4.03. The molecule has 0 unspecified atom stereocenters. The maximum Gasteiger partial charge on any atom is 0.251 e. The molecule has 5 heteroatoms. The largest absolute Gasteiger partial charge is 0.396 e. The summed E-state index contributed by atoms with van der Waals surface area (Å²) in [7, 11) is 0. The highest BCUT2D eigenvalue weighted by atomic mass is 16.3. The number of hydrogen-bond acceptors (Lipinski definition) is 3. The molecular formula is C20H28N2O3. The van der Waals surface area contributed by atoms with Gasteiger partial charge in [0, 0.05) is 37.1 Å². The van der Waals surface area contributed by atoms with Gasteiger partial charge >= 0.3 is 0 Å². The zero-order valence-electron chi connectivity index (χ0n) is 14.7. The zero-order valence-corrected chi connectivity index (χ0v) is 14.7. The monoisotopic (exact) mass is 344 g/mol. The highest BCUT2D eigenvalue weighted by Crippen LogP contribution is 2.27. The Bertz CT molecular complexity index is 584. The van der Waals surface area contributed by atoms with Crippen molar-refractivity contribution < 1.29 is 14.7 Å². The maximum atomic E-state index is 12.8. The van der Waals surface area contributed by atoms with Crippen molar-refractivity contribution >= 4 is 11.8 Å². The smallest absolute Gasteiger partial charge is 0.251 e. The standard InChI is InChI=1S/C20H28N2O3/c23-14-17-11-12-22(20(25)16-9-5-2-6-10-16)13-18(17)21-19(24)15-7-3-1-4-8-15/h1,3-4,7-8,16-18,23H,2,5-6,9-14H2,(H,21,24)/t17-,18-/m1/s1. The molecule has 1 aromatic carbocycles. The quantitative estimate of drug-likeness (QED) is 0.880. The summed E-state index contributed by atoms with van der Waals surface area (Å²) < 4.78 is 0. The van der Waals surface area contributed by atoms with Gasteiger partial charge in [-0.3, -0.25) is 9.59 Å². The van der Waals surface area contributed by atoms with Gasteiger partial charge in [-0.05, 0) is 31.4 Å². The Labute approximate surface area is 149 Å². The lowest BCUT2D eigenvalue weighted by Crippen LogP contribution is -2.56. The summed E-state index contributed by atoms with van der Waals surface area (Å²) in [4.78, 5) is 27.2. The Morgan fingerprint density at radius 1 is 1.08 bits per heavy atom. The fourth-order valence-corrected chi connectivity index (χ4v) is 4.03. The van der Waals surface area contributed by atoms with Gasteiger partial charge in [0.1, 0.15) is 0 Å². The number of amides is 2. The molecule has 1 saturated heterocycles. The highest BCUT2D eigenvalue weighted by molar-refractivity contribution is 5.94. The molecule has 1 heterocycles. The number of likely N-dealkylation sites (tertiary alicyclic amines) is 1. The van der Waals surface area contributed by atoms with E-state index in [-0.39, 0.29) is 36.3 Å². The molecule has 2 atom stereocenters. The second-order valence-electron chi connectivity index (χ2n) is 7.30. The van der Waals surface area contributed by atoms with Gasteiger partial charge in [-0.2, -0.15) is 0 Å². The Hall–Kier alpha value is -1.88. The lowest BCUT2D eigenvalue weighted by molar-refractivity contribution is -0.138. The third-order valence-electron chi connectivity index (χ3n) is 5.61. The van der Waals surface area contributed by atoms with E-state index in [1.54, 1.807) is 12.1 Å².